The number of carbonyl (C=O) groups is 3. The van der Waals surface area contributed by atoms with Crippen molar-refractivity contribution in [3.8, 4) is 10.4 Å². The molecule has 0 atom stereocenters. The van der Waals surface area contributed by atoms with E-state index in [1.165, 1.54) is 23.7 Å². The van der Waals surface area contributed by atoms with Crippen molar-refractivity contribution in [2.45, 2.75) is 13.8 Å². The van der Waals surface area contributed by atoms with E-state index in [4.69, 9.17) is 13.9 Å². The Morgan fingerprint density at radius 1 is 1.03 bits per heavy atom. The molecule has 0 bridgehead atoms. The number of ether oxygens (including phenoxy) is 2. The van der Waals surface area contributed by atoms with E-state index in [1.807, 2.05) is 30.3 Å². The van der Waals surface area contributed by atoms with Crippen LogP contribution in [0.1, 0.15) is 33.4 Å². The smallest absolute Gasteiger partial charge is 0.342 e. The Bertz CT molecular complexity index is 1020. The van der Waals surface area contributed by atoms with E-state index in [0.717, 1.165) is 10.4 Å². The first-order valence-corrected chi connectivity index (χ1v) is 9.68. The van der Waals surface area contributed by atoms with Crippen molar-refractivity contribution >= 4 is 34.2 Å². The SMILES string of the molecule is CCOC(=O)c1cc(-c2ccccc2)sc1NC(=O)COC(=O)c1ccoc1C. The van der Waals surface area contributed by atoms with Gasteiger partial charge in [0.2, 0.25) is 0 Å². The van der Waals surface area contributed by atoms with Gasteiger partial charge in [0.25, 0.3) is 5.91 Å². The number of esters is 2. The molecule has 0 aliphatic carbocycles. The van der Waals surface area contributed by atoms with Crippen LogP contribution in [0.2, 0.25) is 0 Å². The highest BCUT2D eigenvalue weighted by Crippen LogP contribution is 2.35. The predicted octanol–water partition coefficient (Wildman–Crippen LogP) is 4.29. The zero-order valence-electron chi connectivity index (χ0n) is 15.9. The van der Waals surface area contributed by atoms with Gasteiger partial charge < -0.3 is 19.2 Å². The monoisotopic (exact) mass is 413 g/mol. The molecule has 3 rings (SSSR count). The molecule has 0 aliphatic rings. The third-order valence-corrected chi connectivity index (χ3v) is 5.05. The van der Waals surface area contributed by atoms with Crippen LogP contribution in [0.5, 0.6) is 0 Å². The molecule has 0 aliphatic heterocycles. The molecule has 29 heavy (non-hydrogen) atoms. The van der Waals surface area contributed by atoms with E-state index < -0.39 is 24.5 Å². The average Bonchev–Trinajstić information content (AvgIpc) is 3.33. The fourth-order valence-electron chi connectivity index (χ4n) is 2.56. The largest absolute Gasteiger partial charge is 0.469 e. The lowest BCUT2D eigenvalue weighted by Crippen LogP contribution is -2.21. The third kappa shape index (κ3) is 4.91. The molecular weight excluding hydrogens is 394 g/mol. The zero-order chi connectivity index (χ0) is 20.8. The Morgan fingerprint density at radius 3 is 2.41 bits per heavy atom. The van der Waals surface area contributed by atoms with Crippen molar-refractivity contribution in [3.05, 3.63) is 65.6 Å². The summed E-state index contributed by atoms with van der Waals surface area (Å²) in [6.07, 6.45) is 1.37. The van der Waals surface area contributed by atoms with Gasteiger partial charge in [0, 0.05) is 4.88 Å². The van der Waals surface area contributed by atoms with Gasteiger partial charge in [-0.2, -0.15) is 0 Å². The van der Waals surface area contributed by atoms with Gasteiger partial charge in [-0.1, -0.05) is 30.3 Å². The first-order chi connectivity index (χ1) is 14.0. The number of anilines is 1. The van der Waals surface area contributed by atoms with E-state index in [9.17, 15) is 14.4 Å². The van der Waals surface area contributed by atoms with Crippen LogP contribution in [-0.2, 0) is 14.3 Å². The molecule has 1 amide bonds. The Morgan fingerprint density at radius 2 is 1.76 bits per heavy atom. The van der Waals surface area contributed by atoms with Crippen LogP contribution in [0.3, 0.4) is 0 Å². The molecular formula is C21H19NO6S. The van der Waals surface area contributed by atoms with Crippen molar-refractivity contribution in [2.75, 3.05) is 18.5 Å². The molecule has 0 unspecified atom stereocenters. The number of aryl methyl sites for hydroxylation is 1. The number of amides is 1. The second kappa shape index (κ2) is 9.20. The maximum atomic E-state index is 12.3. The molecule has 2 aromatic heterocycles. The zero-order valence-corrected chi connectivity index (χ0v) is 16.7. The van der Waals surface area contributed by atoms with Gasteiger partial charge in [0.05, 0.1) is 18.4 Å². The number of carbonyl (C=O) groups excluding carboxylic acids is 3. The summed E-state index contributed by atoms with van der Waals surface area (Å²) in [5.41, 5.74) is 1.42. The summed E-state index contributed by atoms with van der Waals surface area (Å²) in [6, 6.07) is 12.6. The lowest BCUT2D eigenvalue weighted by molar-refractivity contribution is -0.119. The van der Waals surface area contributed by atoms with E-state index >= 15 is 0 Å². The van der Waals surface area contributed by atoms with Crippen LogP contribution in [0.4, 0.5) is 5.00 Å². The van der Waals surface area contributed by atoms with Crippen LogP contribution in [0.25, 0.3) is 10.4 Å². The first kappa shape index (κ1) is 20.3. The Labute approximate surface area is 171 Å². The maximum Gasteiger partial charge on any atom is 0.342 e. The second-order valence-corrected chi connectivity index (χ2v) is 7.01. The average molecular weight is 413 g/mol. The molecule has 150 valence electrons. The minimum atomic E-state index is -0.659. The molecule has 1 aromatic carbocycles. The fourth-order valence-corrected chi connectivity index (χ4v) is 3.63. The van der Waals surface area contributed by atoms with Gasteiger partial charge in [-0.3, -0.25) is 4.79 Å². The lowest BCUT2D eigenvalue weighted by atomic mass is 10.1. The summed E-state index contributed by atoms with van der Waals surface area (Å²) in [5.74, 6) is -1.35. The highest BCUT2D eigenvalue weighted by Gasteiger charge is 2.21. The fraction of sp³-hybridized carbons (Fsp3) is 0.190. The van der Waals surface area contributed by atoms with Crippen molar-refractivity contribution in [1.82, 2.24) is 0 Å². The number of rotatable bonds is 7. The first-order valence-electron chi connectivity index (χ1n) is 8.87. The van der Waals surface area contributed by atoms with Crippen LogP contribution in [-0.4, -0.2) is 31.1 Å². The molecule has 2 heterocycles. The van der Waals surface area contributed by atoms with E-state index in [-0.39, 0.29) is 17.7 Å². The molecule has 3 aromatic rings. The van der Waals surface area contributed by atoms with Crippen molar-refractivity contribution in [3.63, 3.8) is 0 Å². The predicted molar refractivity (Wildman–Crippen MR) is 108 cm³/mol. The maximum absolute atomic E-state index is 12.3. The highest BCUT2D eigenvalue weighted by molar-refractivity contribution is 7.20. The van der Waals surface area contributed by atoms with Crippen molar-refractivity contribution < 1.29 is 28.3 Å². The van der Waals surface area contributed by atoms with Gasteiger partial charge in [-0.25, -0.2) is 9.59 Å². The molecule has 0 saturated carbocycles. The number of furan rings is 1. The van der Waals surface area contributed by atoms with Crippen molar-refractivity contribution in [2.24, 2.45) is 0 Å². The van der Waals surface area contributed by atoms with Gasteiger partial charge >= 0.3 is 11.9 Å². The Kier molecular flexibility index (Phi) is 6.46. The van der Waals surface area contributed by atoms with Gasteiger partial charge in [-0.05, 0) is 31.5 Å². The summed E-state index contributed by atoms with van der Waals surface area (Å²) < 4.78 is 15.1. The van der Waals surface area contributed by atoms with Gasteiger partial charge in [0.1, 0.15) is 16.3 Å². The molecule has 7 nitrogen and oxygen atoms in total. The van der Waals surface area contributed by atoms with Crippen LogP contribution < -0.4 is 5.32 Å². The number of hydrogen-bond acceptors (Lipinski definition) is 7. The van der Waals surface area contributed by atoms with E-state index in [2.05, 4.69) is 5.32 Å². The third-order valence-electron chi connectivity index (χ3n) is 3.95. The van der Waals surface area contributed by atoms with Crippen LogP contribution >= 0.6 is 11.3 Å². The number of hydrogen-bond donors (Lipinski definition) is 1. The number of thiophene rings is 1. The normalized spacial score (nSPS) is 10.4. The summed E-state index contributed by atoms with van der Waals surface area (Å²) in [7, 11) is 0. The molecule has 1 N–H and O–H groups in total. The lowest BCUT2D eigenvalue weighted by Gasteiger charge is -2.07. The summed E-state index contributed by atoms with van der Waals surface area (Å²) >= 11 is 1.24. The van der Waals surface area contributed by atoms with Gasteiger partial charge in [0.15, 0.2) is 6.61 Å². The van der Waals surface area contributed by atoms with E-state index in [0.29, 0.717) is 10.8 Å². The standard InChI is InChI=1S/C21H19NO6S/c1-3-26-21(25)16-11-17(14-7-5-4-6-8-14)29-19(16)22-18(23)12-28-20(24)15-9-10-27-13(15)2/h4-11H,3,12H2,1-2H3,(H,22,23). The molecule has 0 spiro atoms. The number of benzene rings is 1. The van der Waals surface area contributed by atoms with Crippen LogP contribution in [0, 0.1) is 6.92 Å². The molecule has 0 saturated heterocycles. The quantitative estimate of drug-likeness (QED) is 0.581. The molecule has 8 heteroatoms. The summed E-state index contributed by atoms with van der Waals surface area (Å²) in [4.78, 5) is 37.4. The highest BCUT2D eigenvalue weighted by atomic mass is 32.1. The Balaban J connectivity index is 1.73. The summed E-state index contributed by atoms with van der Waals surface area (Å²) in [5, 5.41) is 2.97. The molecule has 0 fully saturated rings. The van der Waals surface area contributed by atoms with E-state index in [1.54, 1.807) is 19.9 Å². The molecule has 0 radical (unpaired) electrons. The minimum absolute atomic E-state index is 0.213. The minimum Gasteiger partial charge on any atom is -0.469 e. The Hall–Kier alpha value is -3.39. The topological polar surface area (TPSA) is 94.8 Å². The second-order valence-electron chi connectivity index (χ2n) is 5.95. The van der Waals surface area contributed by atoms with Gasteiger partial charge in [-0.15, -0.1) is 11.3 Å². The number of nitrogens with one attached hydrogen (secondary N) is 1. The van der Waals surface area contributed by atoms with Crippen molar-refractivity contribution in [1.29, 1.82) is 0 Å². The summed E-state index contributed by atoms with van der Waals surface area (Å²) in [6.45, 7) is 3.05. The van der Waals surface area contributed by atoms with Crippen LogP contribution in [0.15, 0.2) is 53.1 Å².